The molecule has 1 heterocycles. The minimum absolute atomic E-state index is 0.0750. The summed E-state index contributed by atoms with van der Waals surface area (Å²) >= 11 is 0. The molecule has 0 spiro atoms. The number of ether oxygens (including phenoxy) is 1. The van der Waals surface area contributed by atoms with Crippen LogP contribution in [0.4, 0.5) is 0 Å². The summed E-state index contributed by atoms with van der Waals surface area (Å²) in [5.74, 6) is 0. The number of hydrogen-bond acceptors (Lipinski definition) is 4. The molecule has 1 rings (SSSR count). The number of nitrogens with zero attached hydrogens (tertiary/aromatic N) is 4. The maximum atomic E-state index is 8.49. The Morgan fingerprint density at radius 2 is 2.19 bits per heavy atom. The van der Waals surface area contributed by atoms with Crippen molar-refractivity contribution in [2.24, 2.45) is 10.8 Å². The Labute approximate surface area is 96.4 Å². The lowest BCUT2D eigenvalue weighted by molar-refractivity contribution is 0.0341. The van der Waals surface area contributed by atoms with Crippen LogP contribution in [0.1, 0.15) is 19.8 Å². The van der Waals surface area contributed by atoms with Crippen LogP contribution in [0.15, 0.2) is 5.11 Å². The van der Waals surface area contributed by atoms with Crippen molar-refractivity contribution in [3.8, 4) is 0 Å². The second-order valence-corrected chi connectivity index (χ2v) is 4.14. The lowest BCUT2D eigenvalue weighted by Crippen LogP contribution is -2.47. The molecule has 92 valence electrons. The number of nitrogens with two attached hydrogens (primary N) is 1. The van der Waals surface area contributed by atoms with Gasteiger partial charge in [-0.05, 0) is 12.0 Å². The van der Waals surface area contributed by atoms with Gasteiger partial charge in [-0.25, -0.2) is 0 Å². The van der Waals surface area contributed by atoms with E-state index in [1.54, 1.807) is 0 Å². The Morgan fingerprint density at radius 3 is 2.75 bits per heavy atom. The van der Waals surface area contributed by atoms with Gasteiger partial charge in [0.15, 0.2) is 0 Å². The van der Waals surface area contributed by atoms with Gasteiger partial charge in [-0.15, -0.1) is 0 Å². The van der Waals surface area contributed by atoms with Gasteiger partial charge in [0.1, 0.15) is 0 Å². The zero-order valence-electron chi connectivity index (χ0n) is 9.88. The highest BCUT2D eigenvalue weighted by Gasteiger charge is 2.20. The molecule has 1 saturated heterocycles. The Morgan fingerprint density at radius 1 is 1.50 bits per heavy atom. The number of rotatable bonds is 6. The van der Waals surface area contributed by atoms with Crippen LogP contribution in [-0.2, 0) is 4.74 Å². The minimum atomic E-state index is -0.0853. The highest BCUT2D eigenvalue weighted by molar-refractivity contribution is 4.82. The molecule has 0 amide bonds. The molecule has 0 aromatic rings. The maximum absolute atomic E-state index is 8.49. The quantitative estimate of drug-likeness (QED) is 0.419. The number of hydrogen-bond donors (Lipinski definition) is 1. The summed E-state index contributed by atoms with van der Waals surface area (Å²) in [4.78, 5) is 5.14. The SMILES string of the molecule is CCC[C@H](N=[N+]=[N-])[C@H](N)CN1CCOCC1. The van der Waals surface area contributed by atoms with Gasteiger partial charge in [-0.2, -0.15) is 0 Å². The Hall–Kier alpha value is -0.810. The molecule has 1 aliphatic heterocycles. The zero-order chi connectivity index (χ0) is 11.8. The van der Waals surface area contributed by atoms with Crippen LogP contribution in [0.2, 0.25) is 0 Å². The molecule has 6 heteroatoms. The van der Waals surface area contributed by atoms with E-state index in [-0.39, 0.29) is 12.1 Å². The highest BCUT2D eigenvalue weighted by atomic mass is 16.5. The van der Waals surface area contributed by atoms with Crippen LogP contribution in [0.5, 0.6) is 0 Å². The summed E-state index contributed by atoms with van der Waals surface area (Å²) in [6.45, 7) is 6.24. The van der Waals surface area contributed by atoms with Crippen molar-refractivity contribution in [2.45, 2.75) is 31.8 Å². The third-order valence-electron chi connectivity index (χ3n) is 2.85. The van der Waals surface area contributed by atoms with Crippen molar-refractivity contribution in [3.63, 3.8) is 0 Å². The van der Waals surface area contributed by atoms with Crippen molar-refractivity contribution in [1.29, 1.82) is 0 Å². The van der Waals surface area contributed by atoms with Gasteiger partial charge in [-0.3, -0.25) is 4.90 Å². The molecule has 6 nitrogen and oxygen atoms in total. The average Bonchev–Trinajstić information content (AvgIpc) is 2.30. The second kappa shape index (κ2) is 7.46. The van der Waals surface area contributed by atoms with E-state index in [1.807, 2.05) is 0 Å². The molecule has 0 unspecified atom stereocenters. The molecule has 0 bridgehead atoms. The lowest BCUT2D eigenvalue weighted by atomic mass is 10.0. The molecule has 1 fully saturated rings. The average molecular weight is 227 g/mol. The van der Waals surface area contributed by atoms with Crippen LogP contribution >= 0.6 is 0 Å². The van der Waals surface area contributed by atoms with E-state index in [1.165, 1.54) is 0 Å². The smallest absolute Gasteiger partial charge is 0.0594 e. The summed E-state index contributed by atoms with van der Waals surface area (Å²) in [5, 5.41) is 3.78. The summed E-state index contributed by atoms with van der Waals surface area (Å²) in [6.07, 6.45) is 1.84. The Bertz CT molecular complexity index is 235. The summed E-state index contributed by atoms with van der Waals surface area (Å²) in [5.41, 5.74) is 14.6. The third-order valence-corrected chi connectivity index (χ3v) is 2.85. The van der Waals surface area contributed by atoms with Gasteiger partial charge in [0.25, 0.3) is 0 Å². The van der Waals surface area contributed by atoms with Crippen LogP contribution < -0.4 is 5.73 Å². The molecular formula is C10H21N5O. The molecule has 0 aromatic carbocycles. The molecule has 0 aliphatic carbocycles. The van der Waals surface area contributed by atoms with Crippen molar-refractivity contribution in [3.05, 3.63) is 10.4 Å². The molecular weight excluding hydrogens is 206 g/mol. The summed E-state index contributed by atoms with van der Waals surface area (Å²) < 4.78 is 5.27. The van der Waals surface area contributed by atoms with Crippen LogP contribution in [0.3, 0.4) is 0 Å². The molecule has 0 radical (unpaired) electrons. The first-order valence-electron chi connectivity index (χ1n) is 5.87. The fraction of sp³-hybridized carbons (Fsp3) is 1.00. The summed E-state index contributed by atoms with van der Waals surface area (Å²) in [6, 6.07) is -0.160. The Kier molecular flexibility index (Phi) is 6.18. The van der Waals surface area contributed by atoms with E-state index in [0.717, 1.165) is 45.7 Å². The van der Waals surface area contributed by atoms with E-state index in [0.29, 0.717) is 0 Å². The third kappa shape index (κ3) is 4.37. The lowest BCUT2D eigenvalue weighted by Gasteiger charge is -2.30. The fourth-order valence-corrected chi connectivity index (χ4v) is 1.92. The topological polar surface area (TPSA) is 87.2 Å². The van der Waals surface area contributed by atoms with Gasteiger partial charge in [-0.1, -0.05) is 18.5 Å². The van der Waals surface area contributed by atoms with Crippen molar-refractivity contribution in [2.75, 3.05) is 32.8 Å². The molecule has 16 heavy (non-hydrogen) atoms. The van der Waals surface area contributed by atoms with E-state index in [9.17, 15) is 0 Å². The number of morpholine rings is 1. The van der Waals surface area contributed by atoms with Gasteiger partial charge in [0.05, 0.1) is 19.3 Å². The molecule has 2 N–H and O–H groups in total. The minimum Gasteiger partial charge on any atom is -0.379 e. The van der Waals surface area contributed by atoms with Gasteiger partial charge in [0, 0.05) is 30.6 Å². The van der Waals surface area contributed by atoms with Crippen molar-refractivity contribution >= 4 is 0 Å². The molecule has 2 atom stereocenters. The first kappa shape index (κ1) is 13.3. The van der Waals surface area contributed by atoms with Gasteiger partial charge >= 0.3 is 0 Å². The zero-order valence-corrected chi connectivity index (χ0v) is 9.88. The monoisotopic (exact) mass is 227 g/mol. The van der Waals surface area contributed by atoms with Crippen molar-refractivity contribution in [1.82, 2.24) is 4.90 Å². The van der Waals surface area contributed by atoms with Gasteiger partial charge in [0.2, 0.25) is 0 Å². The molecule has 0 saturated carbocycles. The van der Waals surface area contributed by atoms with Crippen LogP contribution in [0.25, 0.3) is 10.4 Å². The normalized spacial score (nSPS) is 21.1. The predicted molar refractivity (Wildman–Crippen MR) is 63.1 cm³/mol. The van der Waals surface area contributed by atoms with E-state index >= 15 is 0 Å². The van der Waals surface area contributed by atoms with Gasteiger partial charge < -0.3 is 10.5 Å². The largest absolute Gasteiger partial charge is 0.379 e. The van der Waals surface area contributed by atoms with E-state index in [2.05, 4.69) is 21.8 Å². The second-order valence-electron chi connectivity index (χ2n) is 4.14. The highest BCUT2D eigenvalue weighted by Crippen LogP contribution is 2.08. The summed E-state index contributed by atoms with van der Waals surface area (Å²) in [7, 11) is 0. The molecule has 0 aromatic heterocycles. The van der Waals surface area contributed by atoms with E-state index < -0.39 is 0 Å². The van der Waals surface area contributed by atoms with Crippen LogP contribution in [0, 0.1) is 0 Å². The fourth-order valence-electron chi connectivity index (χ4n) is 1.92. The Balaban J connectivity index is 2.40. The first-order chi connectivity index (χ1) is 7.77. The molecule has 1 aliphatic rings. The van der Waals surface area contributed by atoms with Crippen molar-refractivity contribution < 1.29 is 4.74 Å². The van der Waals surface area contributed by atoms with E-state index in [4.69, 9.17) is 16.0 Å². The maximum Gasteiger partial charge on any atom is 0.0594 e. The predicted octanol–water partition coefficient (Wildman–Crippen LogP) is 1.12. The number of azide groups is 1. The first-order valence-corrected chi connectivity index (χ1v) is 5.87. The van der Waals surface area contributed by atoms with Crippen LogP contribution in [-0.4, -0.2) is 49.8 Å². The standard InChI is InChI=1S/C10H21N5O/c1-2-3-10(13-14-12)9(11)8-15-4-6-16-7-5-15/h9-10H,2-8,11H2,1H3/t9-,10+/m1/s1.